The molecule has 2 aliphatic heterocycles. The molecule has 2 heterocycles. The highest BCUT2D eigenvalue weighted by Crippen LogP contribution is 2.37. The molecule has 0 N–H and O–H groups in total. The molecule has 1 spiro atoms. The Labute approximate surface area is 137 Å². The summed E-state index contributed by atoms with van der Waals surface area (Å²) in [6.45, 7) is 9.21. The molecule has 2 fully saturated rings. The van der Waals surface area contributed by atoms with Gasteiger partial charge in [0.1, 0.15) is 5.75 Å². The third kappa shape index (κ3) is 3.67. The molecule has 5 heteroatoms. The van der Waals surface area contributed by atoms with Gasteiger partial charge in [-0.15, -0.1) is 0 Å². The van der Waals surface area contributed by atoms with E-state index in [1.54, 1.807) is 0 Å². The molecule has 1 aromatic carbocycles. The average molecular weight is 319 g/mol. The Kier molecular flexibility index (Phi) is 4.34. The Bertz CT molecular complexity index is 549. The van der Waals surface area contributed by atoms with Crippen molar-refractivity contribution in [1.29, 1.82) is 0 Å². The summed E-state index contributed by atoms with van der Waals surface area (Å²) in [5.74, 6) is 0.494. The Morgan fingerprint density at radius 2 is 1.78 bits per heavy atom. The zero-order valence-electron chi connectivity index (χ0n) is 14.1. The fourth-order valence-electron chi connectivity index (χ4n) is 3.02. The molecule has 1 amide bonds. The van der Waals surface area contributed by atoms with Crippen LogP contribution < -0.4 is 4.74 Å². The first-order valence-electron chi connectivity index (χ1n) is 8.19. The Hall–Kier alpha value is -1.59. The van der Waals surface area contributed by atoms with Crippen LogP contribution in [0.2, 0.25) is 0 Å². The third-order valence-electron chi connectivity index (χ3n) is 4.45. The quantitative estimate of drug-likeness (QED) is 0.854. The number of likely N-dealkylation sites (tertiary alicyclic amines) is 1. The number of rotatable bonds is 4. The van der Waals surface area contributed by atoms with Gasteiger partial charge in [0.2, 0.25) is 5.91 Å². The summed E-state index contributed by atoms with van der Waals surface area (Å²) in [5, 5.41) is 0. The highest BCUT2D eigenvalue weighted by molar-refractivity contribution is 5.79. The second-order valence-corrected chi connectivity index (χ2v) is 6.98. The second-order valence-electron chi connectivity index (χ2n) is 6.98. The predicted octanol–water partition coefficient (Wildman–Crippen LogP) is 2.24. The first kappa shape index (κ1) is 16.3. The lowest BCUT2D eigenvalue weighted by Gasteiger charge is -2.54. The highest BCUT2D eigenvalue weighted by atomic mass is 16.7. The van der Waals surface area contributed by atoms with E-state index in [-0.39, 0.29) is 11.3 Å². The number of nitrogens with zero attached hydrogens (tertiary/aromatic N) is 1. The van der Waals surface area contributed by atoms with Gasteiger partial charge in [0, 0.05) is 13.1 Å². The van der Waals surface area contributed by atoms with Gasteiger partial charge in [-0.1, -0.05) is 12.1 Å². The summed E-state index contributed by atoms with van der Waals surface area (Å²) in [5.41, 5.74) is 1.00. The summed E-state index contributed by atoms with van der Waals surface area (Å²) in [6, 6.07) is 7.73. The van der Waals surface area contributed by atoms with E-state index in [9.17, 15) is 4.79 Å². The SMILES string of the molecule is CCOc1ccc(CC(=O)N2CC3(COC(C)(C)OC3)C2)cc1. The molecule has 0 bridgehead atoms. The van der Waals surface area contributed by atoms with Crippen LogP contribution in [0, 0.1) is 5.41 Å². The molecular formula is C18H25NO4. The van der Waals surface area contributed by atoms with Crippen LogP contribution in [0.15, 0.2) is 24.3 Å². The van der Waals surface area contributed by atoms with E-state index in [0.29, 0.717) is 26.2 Å². The maximum Gasteiger partial charge on any atom is 0.227 e. The van der Waals surface area contributed by atoms with Crippen molar-refractivity contribution in [2.24, 2.45) is 5.41 Å². The van der Waals surface area contributed by atoms with Gasteiger partial charge >= 0.3 is 0 Å². The maximum absolute atomic E-state index is 12.4. The molecular weight excluding hydrogens is 294 g/mol. The van der Waals surface area contributed by atoms with Crippen molar-refractivity contribution in [3.05, 3.63) is 29.8 Å². The molecule has 2 aliphatic rings. The van der Waals surface area contributed by atoms with E-state index in [0.717, 1.165) is 24.4 Å². The monoisotopic (exact) mass is 319 g/mol. The fraction of sp³-hybridized carbons (Fsp3) is 0.611. The normalized spacial score (nSPS) is 21.8. The van der Waals surface area contributed by atoms with Gasteiger partial charge in [-0.05, 0) is 38.5 Å². The molecule has 1 aromatic rings. The maximum atomic E-state index is 12.4. The molecule has 0 aliphatic carbocycles. The lowest BCUT2D eigenvalue weighted by Crippen LogP contribution is -2.66. The second kappa shape index (κ2) is 6.13. The van der Waals surface area contributed by atoms with E-state index < -0.39 is 5.79 Å². The molecule has 5 nitrogen and oxygen atoms in total. The van der Waals surface area contributed by atoms with Crippen LogP contribution in [0.3, 0.4) is 0 Å². The highest BCUT2D eigenvalue weighted by Gasteiger charge is 2.49. The van der Waals surface area contributed by atoms with Crippen LogP contribution in [0.5, 0.6) is 5.75 Å². The molecule has 23 heavy (non-hydrogen) atoms. The minimum Gasteiger partial charge on any atom is -0.494 e. The number of carbonyl (C=O) groups excluding carboxylic acids is 1. The summed E-state index contributed by atoms with van der Waals surface area (Å²) < 4.78 is 16.9. The first-order valence-corrected chi connectivity index (χ1v) is 8.19. The van der Waals surface area contributed by atoms with Crippen LogP contribution in [0.1, 0.15) is 26.3 Å². The summed E-state index contributed by atoms with van der Waals surface area (Å²) in [4.78, 5) is 14.3. The number of hydrogen-bond acceptors (Lipinski definition) is 4. The van der Waals surface area contributed by atoms with Crippen molar-refractivity contribution in [3.8, 4) is 5.75 Å². The summed E-state index contributed by atoms with van der Waals surface area (Å²) in [6.07, 6.45) is 0.426. The lowest BCUT2D eigenvalue weighted by atomic mass is 9.80. The average Bonchev–Trinajstić information content (AvgIpc) is 2.48. The smallest absolute Gasteiger partial charge is 0.227 e. The van der Waals surface area contributed by atoms with E-state index in [2.05, 4.69) is 0 Å². The Morgan fingerprint density at radius 3 is 2.35 bits per heavy atom. The van der Waals surface area contributed by atoms with Gasteiger partial charge in [0.15, 0.2) is 5.79 Å². The van der Waals surface area contributed by atoms with Crippen molar-refractivity contribution >= 4 is 5.91 Å². The molecule has 2 saturated heterocycles. The van der Waals surface area contributed by atoms with Crippen molar-refractivity contribution in [2.75, 3.05) is 32.9 Å². The molecule has 0 aromatic heterocycles. The number of amides is 1. The molecule has 3 rings (SSSR count). The molecule has 0 saturated carbocycles. The van der Waals surface area contributed by atoms with Crippen molar-refractivity contribution < 1.29 is 19.0 Å². The van der Waals surface area contributed by atoms with Crippen LogP contribution in [-0.2, 0) is 20.7 Å². The molecule has 0 radical (unpaired) electrons. The molecule has 0 unspecified atom stereocenters. The third-order valence-corrected chi connectivity index (χ3v) is 4.45. The van der Waals surface area contributed by atoms with Crippen LogP contribution in [0.25, 0.3) is 0 Å². The van der Waals surface area contributed by atoms with Gasteiger partial charge in [0.05, 0.1) is 31.7 Å². The zero-order valence-corrected chi connectivity index (χ0v) is 14.1. The van der Waals surface area contributed by atoms with Crippen LogP contribution >= 0.6 is 0 Å². The summed E-state index contributed by atoms with van der Waals surface area (Å²) >= 11 is 0. The Balaban J connectivity index is 1.49. The largest absolute Gasteiger partial charge is 0.494 e. The topological polar surface area (TPSA) is 48.0 Å². The minimum atomic E-state index is -0.502. The van der Waals surface area contributed by atoms with Crippen molar-refractivity contribution in [3.63, 3.8) is 0 Å². The van der Waals surface area contributed by atoms with Crippen molar-refractivity contribution in [1.82, 2.24) is 4.90 Å². The molecule has 126 valence electrons. The standard InChI is InChI=1S/C18H25NO4/c1-4-21-15-7-5-14(6-8-15)9-16(20)19-10-18(11-19)12-22-17(2,3)23-13-18/h5-8H,4,9-13H2,1-3H3. The number of benzene rings is 1. The van der Waals surface area contributed by atoms with E-state index >= 15 is 0 Å². The van der Waals surface area contributed by atoms with Gasteiger partial charge < -0.3 is 19.1 Å². The van der Waals surface area contributed by atoms with E-state index in [1.807, 2.05) is 49.9 Å². The number of ether oxygens (including phenoxy) is 3. The minimum absolute atomic E-state index is 0.00992. The fourth-order valence-corrected chi connectivity index (χ4v) is 3.02. The van der Waals surface area contributed by atoms with Gasteiger partial charge in [-0.25, -0.2) is 0 Å². The van der Waals surface area contributed by atoms with Crippen LogP contribution in [0.4, 0.5) is 0 Å². The van der Waals surface area contributed by atoms with Crippen molar-refractivity contribution in [2.45, 2.75) is 33.0 Å². The Morgan fingerprint density at radius 1 is 1.17 bits per heavy atom. The first-order chi connectivity index (χ1) is 10.9. The number of carbonyl (C=O) groups is 1. The molecule has 0 atom stereocenters. The van der Waals surface area contributed by atoms with Gasteiger partial charge in [-0.2, -0.15) is 0 Å². The predicted molar refractivity (Wildman–Crippen MR) is 86.3 cm³/mol. The number of hydrogen-bond donors (Lipinski definition) is 0. The zero-order chi connectivity index (χ0) is 16.5. The van der Waals surface area contributed by atoms with E-state index in [4.69, 9.17) is 14.2 Å². The van der Waals surface area contributed by atoms with E-state index in [1.165, 1.54) is 0 Å². The van der Waals surface area contributed by atoms with Gasteiger partial charge in [0.25, 0.3) is 0 Å². The van der Waals surface area contributed by atoms with Gasteiger partial charge in [-0.3, -0.25) is 4.79 Å². The lowest BCUT2D eigenvalue weighted by molar-refractivity contribution is -0.302. The van der Waals surface area contributed by atoms with Crippen LogP contribution in [-0.4, -0.2) is 49.5 Å². The summed E-state index contributed by atoms with van der Waals surface area (Å²) in [7, 11) is 0.